The van der Waals surface area contributed by atoms with E-state index in [1.54, 1.807) is 0 Å². The number of unbranched alkanes of at least 4 members (excludes halogenated alkanes) is 18. The van der Waals surface area contributed by atoms with Gasteiger partial charge in [0.05, 0.1) is 6.61 Å². The maximum atomic E-state index is 12.8. The Bertz CT molecular complexity index is 1770. The Kier molecular flexibility index (Phi) is 23.7. The molecular formula is C48H72NO10P+. The van der Waals surface area contributed by atoms with Gasteiger partial charge < -0.3 is 24.6 Å². The summed E-state index contributed by atoms with van der Waals surface area (Å²) in [5.41, 5.74) is 1.40. The summed E-state index contributed by atoms with van der Waals surface area (Å²) in [5, 5.41) is 26.5. The second-order valence-corrected chi connectivity index (χ2v) is 17.9. The number of aryl methyl sites for hydroxylation is 1. The van der Waals surface area contributed by atoms with Gasteiger partial charge in [-0.1, -0.05) is 175 Å². The molecule has 0 fully saturated rings. The summed E-state index contributed by atoms with van der Waals surface area (Å²) in [6.07, 6.45) is 21.6. The molecule has 0 saturated carbocycles. The summed E-state index contributed by atoms with van der Waals surface area (Å²) in [4.78, 5) is 38.2. The zero-order chi connectivity index (χ0) is 42.8. The third kappa shape index (κ3) is 17.8. The number of ether oxygens (including phenoxy) is 2. The third-order valence-corrected chi connectivity index (χ3v) is 12.5. The van der Waals surface area contributed by atoms with Crippen LogP contribution < -0.4 is 10.8 Å². The molecule has 0 amide bonds. The molecule has 0 aliphatic heterocycles. The van der Waals surface area contributed by atoms with Crippen LogP contribution in [0.3, 0.4) is 0 Å². The van der Waals surface area contributed by atoms with E-state index in [9.17, 15) is 19.6 Å². The van der Waals surface area contributed by atoms with Gasteiger partial charge in [0.2, 0.25) is 6.61 Å². The normalized spacial score (nSPS) is 13.9. The molecule has 0 bridgehead atoms. The van der Waals surface area contributed by atoms with E-state index in [2.05, 4.69) is 66.1 Å². The number of phosphoric acid groups is 1. The van der Waals surface area contributed by atoms with E-state index in [4.69, 9.17) is 29.5 Å². The van der Waals surface area contributed by atoms with Crippen molar-refractivity contribution in [3.05, 3.63) is 60.2 Å². The molecule has 0 spiro atoms. The van der Waals surface area contributed by atoms with Crippen molar-refractivity contribution in [2.45, 2.75) is 167 Å². The fourth-order valence-electron chi connectivity index (χ4n) is 7.89. The van der Waals surface area contributed by atoms with Gasteiger partial charge in [-0.2, -0.15) is 14.9 Å². The molecule has 12 heteroatoms. The molecule has 1 radical (unpaired) electrons. The monoisotopic (exact) mass is 853 g/mol. The highest BCUT2D eigenvalue weighted by Crippen LogP contribution is 2.52. The van der Waals surface area contributed by atoms with Gasteiger partial charge in [0, 0.05) is 11.2 Å². The Morgan fingerprint density at radius 2 is 1.20 bits per heavy atom. The number of hydrogen-bond donors (Lipinski definition) is 3. The third-order valence-electron chi connectivity index (χ3n) is 11.3. The van der Waals surface area contributed by atoms with Crippen molar-refractivity contribution < 1.29 is 47.8 Å². The van der Waals surface area contributed by atoms with E-state index < -0.39 is 52.1 Å². The standard InChI is InChI=1S/C48H72NO10P/c1-2-3-4-5-6-7-8-9-10-11-14-17-20-26-45(52)55-36-43(37-57-60(54,59-49)56-35-42(51)34-50)58-46(53)27-21-18-15-12-13-16-19-23-38-28-29-41-31-30-39-24-22-25-40-32-33-44(38)48(41)47(39)40/h22,24-25,28-33,42-43,50-51H,2-21,23,26-27,34-37,49H2,1H3/q+1/t42-,43+,60?/m0/s1. The highest BCUT2D eigenvalue weighted by Gasteiger charge is 2.37. The largest absolute Gasteiger partial charge is 0.604 e. The molecule has 4 rings (SSSR count). The lowest BCUT2D eigenvalue weighted by Gasteiger charge is -2.24. The summed E-state index contributed by atoms with van der Waals surface area (Å²) in [6.45, 7) is 0.247. The van der Waals surface area contributed by atoms with Gasteiger partial charge in [-0.05, 0) is 63.6 Å². The first-order valence-electron chi connectivity index (χ1n) is 22.8. The zero-order valence-corrected chi connectivity index (χ0v) is 37.0. The molecule has 60 heavy (non-hydrogen) atoms. The number of rotatable bonds is 35. The number of nitrogens with two attached hydrogens (primary N) is 1. The molecule has 4 N–H and O–H groups in total. The first-order valence-corrected chi connectivity index (χ1v) is 24.3. The number of aliphatic hydroxyl groups excluding tert-OH is 2. The van der Waals surface area contributed by atoms with Crippen molar-refractivity contribution >= 4 is 52.4 Å². The molecular weight excluding hydrogens is 781 g/mol. The fourth-order valence-corrected chi connectivity index (χ4v) is 8.79. The highest BCUT2D eigenvalue weighted by molar-refractivity contribution is 7.53. The Morgan fingerprint density at radius 3 is 1.80 bits per heavy atom. The van der Waals surface area contributed by atoms with Gasteiger partial charge in [0.1, 0.15) is 25.7 Å². The maximum Gasteiger partial charge on any atom is 0.574 e. The van der Waals surface area contributed by atoms with Gasteiger partial charge in [0.15, 0.2) is 6.10 Å². The van der Waals surface area contributed by atoms with Crippen molar-refractivity contribution in [1.82, 2.24) is 0 Å². The number of phosphoric ester groups is 1. The lowest BCUT2D eigenvalue weighted by Crippen LogP contribution is -2.33. The molecule has 11 nitrogen and oxygen atoms in total. The highest BCUT2D eigenvalue weighted by atomic mass is 31.2. The molecule has 3 atom stereocenters. The SMILES string of the molecule is CCCCCCCCCCCCCCCC(=[O+])OC[C@H](CO[P+]([O-])(ON)OC[C@@H](O)CO)OC(=O)CCCCCCCCCc1ccc2ccc3cccc4ccc1c2c34. The summed E-state index contributed by atoms with van der Waals surface area (Å²) in [7, 11) is -4.37. The lowest BCUT2D eigenvalue weighted by atomic mass is 9.90. The van der Waals surface area contributed by atoms with Gasteiger partial charge >= 0.3 is 20.1 Å². The molecule has 4 aromatic rings. The van der Waals surface area contributed by atoms with E-state index in [0.29, 0.717) is 12.8 Å². The number of esters is 2. The number of benzene rings is 4. The van der Waals surface area contributed by atoms with Crippen LogP contribution in [0.4, 0.5) is 0 Å². The molecule has 0 heterocycles. The van der Waals surface area contributed by atoms with E-state index in [1.165, 1.54) is 95.7 Å². The molecule has 0 aliphatic carbocycles. The molecule has 0 saturated heterocycles. The van der Waals surface area contributed by atoms with Crippen LogP contribution in [0.15, 0.2) is 54.6 Å². The van der Waals surface area contributed by atoms with Gasteiger partial charge in [-0.15, -0.1) is 0 Å². The summed E-state index contributed by atoms with van der Waals surface area (Å²) < 4.78 is 25.6. The van der Waals surface area contributed by atoms with Crippen molar-refractivity contribution in [2.75, 3.05) is 26.4 Å². The molecule has 4 aromatic carbocycles. The van der Waals surface area contributed by atoms with Crippen LogP contribution in [0.25, 0.3) is 32.3 Å². The van der Waals surface area contributed by atoms with Crippen molar-refractivity contribution in [1.29, 1.82) is 0 Å². The topological polar surface area (TPSA) is 173 Å². The minimum Gasteiger partial charge on any atom is -0.604 e. The smallest absolute Gasteiger partial charge is 0.574 e. The van der Waals surface area contributed by atoms with Crippen LogP contribution in [0.1, 0.15) is 154 Å². The minimum absolute atomic E-state index is 0.169. The summed E-state index contributed by atoms with van der Waals surface area (Å²) >= 11 is 0. The Morgan fingerprint density at radius 1 is 0.683 bits per heavy atom. The minimum atomic E-state index is -4.37. The Hall–Kier alpha value is -2.99. The van der Waals surface area contributed by atoms with E-state index >= 15 is 0 Å². The molecule has 333 valence electrons. The summed E-state index contributed by atoms with van der Waals surface area (Å²) in [5.74, 6) is 4.22. The van der Waals surface area contributed by atoms with Gasteiger partial charge in [-0.3, -0.25) is 4.79 Å². The van der Waals surface area contributed by atoms with Crippen LogP contribution in [0, 0.1) is 0 Å². The van der Waals surface area contributed by atoms with Crippen LogP contribution in [0.2, 0.25) is 0 Å². The van der Waals surface area contributed by atoms with Gasteiger partial charge in [-0.25, -0.2) is 0 Å². The first kappa shape index (κ1) is 49.7. The number of aliphatic hydroxyl groups is 2. The fraction of sp³-hybridized carbons (Fsp3) is 0.625. The van der Waals surface area contributed by atoms with E-state index in [-0.39, 0.29) is 19.4 Å². The molecule has 1 unspecified atom stereocenters. The van der Waals surface area contributed by atoms with Crippen molar-refractivity contribution in [3.8, 4) is 0 Å². The average Bonchev–Trinajstić information content (AvgIpc) is 3.26. The number of carbonyl (C=O) groups excluding carboxylic acids is 2. The molecule has 0 aliphatic rings. The molecule has 0 aromatic heterocycles. The van der Waals surface area contributed by atoms with Gasteiger partial charge in [0.25, 0.3) is 0 Å². The average molecular weight is 854 g/mol. The van der Waals surface area contributed by atoms with E-state index in [0.717, 1.165) is 64.2 Å². The van der Waals surface area contributed by atoms with Crippen molar-refractivity contribution in [2.24, 2.45) is 5.90 Å². The Balaban J connectivity index is 1.10. The number of hydrogen-bond acceptors (Lipinski definition) is 11. The predicted octanol–water partition coefficient (Wildman–Crippen LogP) is 10.5. The predicted molar refractivity (Wildman–Crippen MR) is 239 cm³/mol. The second kappa shape index (κ2) is 28.6. The Labute approximate surface area is 358 Å². The first-order chi connectivity index (χ1) is 29.3. The van der Waals surface area contributed by atoms with Crippen LogP contribution >= 0.6 is 8.17 Å². The zero-order valence-electron chi connectivity index (χ0n) is 36.1. The van der Waals surface area contributed by atoms with Crippen LogP contribution in [0.5, 0.6) is 0 Å². The number of carbonyl (C=O) groups is 2. The quantitative estimate of drug-likeness (QED) is 0.0100. The maximum absolute atomic E-state index is 12.8. The van der Waals surface area contributed by atoms with Crippen LogP contribution in [-0.4, -0.2) is 60.8 Å². The van der Waals surface area contributed by atoms with E-state index in [1.807, 2.05) is 0 Å². The van der Waals surface area contributed by atoms with Crippen molar-refractivity contribution in [3.63, 3.8) is 0 Å². The lowest BCUT2D eigenvalue weighted by molar-refractivity contribution is -0.254. The summed E-state index contributed by atoms with van der Waals surface area (Å²) in [6, 6.07) is 20.0. The van der Waals surface area contributed by atoms with Crippen LogP contribution in [-0.2, 0) is 39.2 Å². The second-order valence-electron chi connectivity index (χ2n) is 16.3.